The zero-order chi connectivity index (χ0) is 15.3. The van der Waals surface area contributed by atoms with Crippen molar-refractivity contribution < 1.29 is 4.11 Å². The van der Waals surface area contributed by atoms with Crippen LogP contribution in [-0.2, 0) is 7.05 Å². The number of aromatic nitrogens is 1. The molecule has 3 heteroatoms. The number of nitrogens with zero attached hydrogens (tertiary/aromatic N) is 1. The summed E-state index contributed by atoms with van der Waals surface area (Å²) in [4.78, 5) is 0. The first-order valence-corrected chi connectivity index (χ1v) is 9.12. The lowest BCUT2D eigenvalue weighted by molar-refractivity contribution is 0.530. The molecule has 0 spiro atoms. The Morgan fingerprint density at radius 1 is 0.950 bits per heavy atom. The second kappa shape index (κ2) is 4.45. The summed E-state index contributed by atoms with van der Waals surface area (Å²) < 4.78 is 18.4. The standard InChI is InChI=1S/C17H26FNSi/c1-16(2,3)20(18,17(4,5)6)15-12-13-10-8-9-11-14(13)19(15)7/h8-12H,1-7H3. The lowest BCUT2D eigenvalue weighted by Crippen LogP contribution is -2.60. The molecule has 0 amide bonds. The van der Waals surface area contributed by atoms with Crippen LogP contribution in [0.15, 0.2) is 30.3 Å². The highest BCUT2D eigenvalue weighted by molar-refractivity contribution is 6.90. The van der Waals surface area contributed by atoms with Crippen LogP contribution in [-0.4, -0.2) is 13.0 Å². The zero-order valence-electron chi connectivity index (χ0n) is 13.7. The quantitative estimate of drug-likeness (QED) is 0.520. The molecule has 1 aromatic carbocycles. The Labute approximate surface area is 123 Å². The topological polar surface area (TPSA) is 4.93 Å². The highest BCUT2D eigenvalue weighted by Gasteiger charge is 2.58. The highest BCUT2D eigenvalue weighted by atomic mass is 28.4. The number of halogens is 1. The summed E-state index contributed by atoms with van der Waals surface area (Å²) in [5.74, 6) is 0. The normalized spacial score (nSPS) is 14.0. The first kappa shape index (κ1) is 15.3. The Morgan fingerprint density at radius 3 is 1.90 bits per heavy atom. The van der Waals surface area contributed by atoms with Crippen molar-refractivity contribution in [3.63, 3.8) is 0 Å². The molecule has 0 saturated heterocycles. The van der Waals surface area contributed by atoms with Crippen molar-refractivity contribution in [2.45, 2.75) is 51.6 Å². The summed E-state index contributed by atoms with van der Waals surface area (Å²) in [6.07, 6.45) is 0. The van der Waals surface area contributed by atoms with Crippen LogP contribution in [0.5, 0.6) is 0 Å². The van der Waals surface area contributed by atoms with Crippen LogP contribution in [0.2, 0.25) is 10.1 Å². The maximum atomic E-state index is 16.4. The van der Waals surface area contributed by atoms with Crippen LogP contribution < -0.4 is 5.32 Å². The van der Waals surface area contributed by atoms with Crippen LogP contribution in [0.3, 0.4) is 0 Å². The molecule has 110 valence electrons. The number of rotatable bonds is 1. The van der Waals surface area contributed by atoms with Gasteiger partial charge in [-0.1, -0.05) is 59.7 Å². The third-order valence-electron chi connectivity index (χ3n) is 4.37. The van der Waals surface area contributed by atoms with Gasteiger partial charge < -0.3 is 8.67 Å². The van der Waals surface area contributed by atoms with Crippen molar-refractivity contribution >= 4 is 24.6 Å². The van der Waals surface area contributed by atoms with E-state index in [9.17, 15) is 0 Å². The van der Waals surface area contributed by atoms with Crippen LogP contribution in [0.25, 0.3) is 10.9 Å². The monoisotopic (exact) mass is 291 g/mol. The molecule has 0 N–H and O–H groups in total. The van der Waals surface area contributed by atoms with Crippen LogP contribution in [0.4, 0.5) is 4.11 Å². The number of para-hydroxylation sites is 1. The van der Waals surface area contributed by atoms with Gasteiger partial charge in [0.25, 0.3) is 0 Å². The maximum absolute atomic E-state index is 16.4. The van der Waals surface area contributed by atoms with Gasteiger partial charge in [-0.15, -0.1) is 0 Å². The molecule has 1 nitrogen and oxygen atoms in total. The molecule has 0 aliphatic rings. The second-order valence-corrected chi connectivity index (χ2v) is 12.6. The van der Waals surface area contributed by atoms with E-state index < -0.39 is 8.41 Å². The Hall–Kier alpha value is -1.09. The molecule has 0 radical (unpaired) electrons. The maximum Gasteiger partial charge on any atom is 0.304 e. The van der Waals surface area contributed by atoms with E-state index in [-0.39, 0.29) is 10.1 Å². The molecule has 0 aliphatic carbocycles. The third kappa shape index (κ3) is 2.03. The van der Waals surface area contributed by atoms with E-state index in [2.05, 4.69) is 22.8 Å². The fraction of sp³-hybridized carbons (Fsp3) is 0.529. The minimum Gasteiger partial charge on any atom is -0.349 e. The van der Waals surface area contributed by atoms with Gasteiger partial charge in [0, 0.05) is 17.9 Å². The molecule has 0 aliphatic heterocycles. The zero-order valence-corrected chi connectivity index (χ0v) is 14.7. The fourth-order valence-corrected chi connectivity index (χ4v) is 8.24. The highest BCUT2D eigenvalue weighted by Crippen LogP contribution is 2.51. The molecule has 1 aromatic heterocycles. The molecule has 0 atom stereocenters. The summed E-state index contributed by atoms with van der Waals surface area (Å²) in [5, 5.41) is 1.35. The number of fused-ring (bicyclic) bond motifs is 1. The Morgan fingerprint density at radius 2 is 1.45 bits per heavy atom. The SMILES string of the molecule is Cn1c([Si](F)(C(C)(C)C)C(C)(C)C)cc2ccccc21. The molecule has 1 heterocycles. The van der Waals surface area contributed by atoms with E-state index in [4.69, 9.17) is 0 Å². The van der Waals surface area contributed by atoms with Gasteiger partial charge in [0.15, 0.2) is 0 Å². The van der Waals surface area contributed by atoms with Crippen molar-refractivity contribution in [3.05, 3.63) is 30.3 Å². The molecule has 0 unspecified atom stereocenters. The summed E-state index contributed by atoms with van der Waals surface area (Å²) in [5.41, 5.74) is 1.12. The first-order valence-electron chi connectivity index (χ1n) is 7.24. The summed E-state index contributed by atoms with van der Waals surface area (Å²) in [6, 6.07) is 10.2. The van der Waals surface area contributed by atoms with E-state index in [0.29, 0.717) is 0 Å². The average Bonchev–Trinajstić information content (AvgIpc) is 2.64. The van der Waals surface area contributed by atoms with Crippen LogP contribution >= 0.6 is 0 Å². The smallest absolute Gasteiger partial charge is 0.304 e. The number of aryl methyl sites for hydroxylation is 1. The third-order valence-corrected chi connectivity index (χ3v) is 9.69. The van der Waals surface area contributed by atoms with E-state index in [1.54, 1.807) is 0 Å². The predicted octanol–water partition coefficient (Wildman–Crippen LogP) is 4.90. The first-order chi connectivity index (χ1) is 9.00. The van der Waals surface area contributed by atoms with Gasteiger partial charge in [0.2, 0.25) is 0 Å². The molecule has 0 saturated carbocycles. The fourth-order valence-electron chi connectivity index (χ4n) is 3.51. The minimum absolute atomic E-state index is 0.340. The Bertz CT molecular complexity index is 614. The lowest BCUT2D eigenvalue weighted by Gasteiger charge is -2.44. The molecule has 0 bridgehead atoms. The van der Waals surface area contributed by atoms with Crippen LogP contribution in [0, 0.1) is 0 Å². The van der Waals surface area contributed by atoms with E-state index >= 15 is 4.11 Å². The van der Waals surface area contributed by atoms with Gasteiger partial charge in [0.1, 0.15) is 0 Å². The predicted molar refractivity (Wildman–Crippen MR) is 88.8 cm³/mol. The lowest BCUT2D eigenvalue weighted by atomic mass is 10.2. The molecular formula is C17H26FNSi. The largest absolute Gasteiger partial charge is 0.349 e. The van der Waals surface area contributed by atoms with Gasteiger partial charge in [-0.2, -0.15) is 0 Å². The van der Waals surface area contributed by atoms with Gasteiger partial charge in [-0.05, 0) is 27.6 Å². The van der Waals surface area contributed by atoms with Crippen molar-refractivity contribution in [2.75, 3.05) is 0 Å². The summed E-state index contributed by atoms with van der Waals surface area (Å²) in [6.45, 7) is 12.3. The van der Waals surface area contributed by atoms with Gasteiger partial charge in [0.05, 0.1) is 0 Å². The summed E-state index contributed by atoms with van der Waals surface area (Å²) in [7, 11) is -1.20. The molecular weight excluding hydrogens is 265 g/mol. The van der Waals surface area contributed by atoms with Crippen molar-refractivity contribution in [1.82, 2.24) is 4.57 Å². The number of hydrogen-bond donors (Lipinski definition) is 0. The van der Waals surface area contributed by atoms with E-state index in [1.807, 2.05) is 60.7 Å². The Balaban J connectivity index is 2.80. The molecule has 0 fully saturated rings. The van der Waals surface area contributed by atoms with Crippen molar-refractivity contribution in [1.29, 1.82) is 0 Å². The van der Waals surface area contributed by atoms with E-state index in [0.717, 1.165) is 16.2 Å². The number of benzene rings is 1. The molecule has 2 rings (SSSR count). The minimum atomic E-state index is -3.19. The van der Waals surface area contributed by atoms with Crippen LogP contribution in [0.1, 0.15) is 41.5 Å². The van der Waals surface area contributed by atoms with E-state index in [1.165, 1.54) is 0 Å². The van der Waals surface area contributed by atoms with Crippen molar-refractivity contribution in [3.8, 4) is 0 Å². The van der Waals surface area contributed by atoms with Gasteiger partial charge in [-0.25, -0.2) is 0 Å². The van der Waals surface area contributed by atoms with Gasteiger partial charge in [-0.3, -0.25) is 0 Å². The second-order valence-electron chi connectivity index (χ2n) is 7.81. The summed E-state index contributed by atoms with van der Waals surface area (Å²) >= 11 is 0. The molecule has 20 heavy (non-hydrogen) atoms. The van der Waals surface area contributed by atoms with Gasteiger partial charge >= 0.3 is 8.41 Å². The average molecular weight is 291 g/mol. The number of hydrogen-bond acceptors (Lipinski definition) is 0. The Kier molecular flexibility index (Phi) is 3.41. The molecule has 2 aromatic rings. The van der Waals surface area contributed by atoms with Crippen molar-refractivity contribution in [2.24, 2.45) is 7.05 Å².